The molecule has 0 bridgehead atoms. The van der Waals surface area contributed by atoms with Gasteiger partial charge < -0.3 is 30.0 Å². The molecular formula is C15H19BN2O7S. The van der Waals surface area contributed by atoms with Gasteiger partial charge in [0, 0.05) is 0 Å². The van der Waals surface area contributed by atoms with Gasteiger partial charge in [0.05, 0.1) is 30.0 Å². The lowest BCUT2D eigenvalue weighted by atomic mass is 9.77. The monoisotopic (exact) mass is 382 g/mol. The summed E-state index contributed by atoms with van der Waals surface area (Å²) in [5.74, 6) is -2.41. The summed E-state index contributed by atoms with van der Waals surface area (Å²) >= 11 is 1.28. The highest BCUT2D eigenvalue weighted by Gasteiger charge is 2.33. The van der Waals surface area contributed by atoms with Gasteiger partial charge in [0.25, 0.3) is 5.91 Å². The summed E-state index contributed by atoms with van der Waals surface area (Å²) in [6.07, 6.45) is 2.40. The van der Waals surface area contributed by atoms with Crippen molar-refractivity contribution in [1.29, 1.82) is 0 Å². The zero-order chi connectivity index (χ0) is 18.9. The zero-order valence-corrected chi connectivity index (χ0v) is 14.6. The first-order valence-corrected chi connectivity index (χ1v) is 8.76. The highest BCUT2D eigenvalue weighted by molar-refractivity contribution is 7.13. The Morgan fingerprint density at radius 3 is 2.96 bits per heavy atom. The molecule has 1 amide bonds. The highest BCUT2D eigenvalue weighted by atomic mass is 32.1. The van der Waals surface area contributed by atoms with Crippen LogP contribution in [0.25, 0.3) is 0 Å². The molecule has 11 heteroatoms. The minimum absolute atomic E-state index is 0.0102. The van der Waals surface area contributed by atoms with Crippen molar-refractivity contribution in [2.24, 2.45) is 5.16 Å². The molecule has 2 heterocycles. The minimum atomic E-state index is -1.37. The number of oxime groups is 1. The number of hydrogen-bond donors (Lipinski definition) is 4. The topological polar surface area (TPSA) is 138 Å². The number of carboxylic acids is 1. The molecule has 1 aromatic rings. The van der Waals surface area contributed by atoms with E-state index in [0.717, 1.165) is 0 Å². The molecule has 0 saturated heterocycles. The zero-order valence-electron chi connectivity index (χ0n) is 13.8. The maximum Gasteiger partial charge on any atom is 0.478 e. The maximum atomic E-state index is 12.6. The Balaban J connectivity index is 2.05. The van der Waals surface area contributed by atoms with E-state index < -0.39 is 31.0 Å². The summed E-state index contributed by atoms with van der Waals surface area (Å²) in [6, 6.07) is 3.44. The Morgan fingerprint density at radius 1 is 1.50 bits per heavy atom. The second kappa shape index (κ2) is 10.1. The van der Waals surface area contributed by atoms with Crippen molar-refractivity contribution < 1.29 is 34.3 Å². The molecule has 2 atom stereocenters. The molecule has 0 spiro atoms. The van der Waals surface area contributed by atoms with Gasteiger partial charge in [0.2, 0.25) is 0 Å². The maximum absolute atomic E-state index is 12.6. The van der Waals surface area contributed by atoms with Crippen molar-refractivity contribution in [2.75, 3.05) is 13.2 Å². The molecule has 0 saturated carbocycles. The summed E-state index contributed by atoms with van der Waals surface area (Å²) in [4.78, 5) is 28.8. The molecule has 0 aromatic carbocycles. The first-order valence-electron chi connectivity index (χ1n) is 7.88. The average molecular weight is 382 g/mol. The fraction of sp³-hybridized carbons (Fsp3) is 0.400. The van der Waals surface area contributed by atoms with Crippen LogP contribution in [0.3, 0.4) is 0 Å². The third-order valence-electron chi connectivity index (χ3n) is 3.40. The standard InChI is InChI=1S/C15H19BN2O7S/c19-6-7-24-18-14(11-4-2-8-26-11)15(22)17-12-5-1-3-10(9-13(20)21)25-16(12)23/h1-4,8,10,12,19,23H,5-7,9H2,(H,17,22)(H,20,21)/t10-,12+/m1/s1. The molecule has 0 radical (unpaired) electrons. The van der Waals surface area contributed by atoms with Gasteiger partial charge in [-0.05, 0) is 17.9 Å². The molecule has 2 rings (SSSR count). The number of aliphatic carboxylic acids is 1. The van der Waals surface area contributed by atoms with Crippen LogP contribution in [0.4, 0.5) is 0 Å². The Hall–Kier alpha value is -2.21. The average Bonchev–Trinajstić information content (AvgIpc) is 3.05. The number of carbonyl (C=O) groups is 2. The van der Waals surface area contributed by atoms with Crippen molar-refractivity contribution >= 4 is 36.0 Å². The summed E-state index contributed by atoms with van der Waals surface area (Å²) in [7, 11) is -1.37. The number of nitrogens with zero attached hydrogens (tertiary/aromatic N) is 1. The summed E-state index contributed by atoms with van der Waals surface area (Å²) < 4.78 is 5.28. The first kappa shape index (κ1) is 20.1. The van der Waals surface area contributed by atoms with Crippen LogP contribution in [-0.4, -0.2) is 65.2 Å². The lowest BCUT2D eigenvalue weighted by molar-refractivity contribution is -0.138. The van der Waals surface area contributed by atoms with E-state index in [-0.39, 0.29) is 31.8 Å². The van der Waals surface area contributed by atoms with E-state index in [0.29, 0.717) is 4.88 Å². The van der Waals surface area contributed by atoms with Crippen LogP contribution in [0.1, 0.15) is 17.7 Å². The Bertz CT molecular complexity index is 665. The molecule has 0 fully saturated rings. The minimum Gasteiger partial charge on any atom is -0.481 e. The number of rotatable bonds is 8. The largest absolute Gasteiger partial charge is 0.481 e. The Labute approximate surface area is 154 Å². The van der Waals surface area contributed by atoms with Gasteiger partial charge in [0.15, 0.2) is 5.71 Å². The SMILES string of the molecule is O=C(O)C[C@H]1C=CC[C@H](NC(=O)C(=NOCCO)c2cccs2)B(O)O1. The molecule has 1 aromatic heterocycles. The fourth-order valence-corrected chi connectivity index (χ4v) is 2.93. The van der Waals surface area contributed by atoms with Crippen molar-refractivity contribution in [3.63, 3.8) is 0 Å². The number of carbonyl (C=O) groups excluding carboxylic acids is 1. The van der Waals surface area contributed by atoms with Crippen LogP contribution < -0.4 is 5.32 Å². The Kier molecular flexibility index (Phi) is 7.79. The highest BCUT2D eigenvalue weighted by Crippen LogP contribution is 2.14. The molecule has 26 heavy (non-hydrogen) atoms. The van der Waals surface area contributed by atoms with Crippen LogP contribution in [0.5, 0.6) is 0 Å². The quantitative estimate of drug-likeness (QED) is 0.160. The number of thiophene rings is 1. The number of hydrogen-bond acceptors (Lipinski definition) is 8. The molecule has 1 aliphatic heterocycles. The van der Waals surface area contributed by atoms with E-state index in [1.165, 1.54) is 11.3 Å². The van der Waals surface area contributed by atoms with E-state index >= 15 is 0 Å². The molecule has 9 nitrogen and oxygen atoms in total. The summed E-state index contributed by atoms with van der Waals surface area (Å²) in [5, 5.41) is 35.9. The van der Waals surface area contributed by atoms with Gasteiger partial charge in [-0.25, -0.2) is 0 Å². The van der Waals surface area contributed by atoms with Crippen molar-refractivity contribution in [3.05, 3.63) is 34.5 Å². The van der Waals surface area contributed by atoms with E-state index in [1.807, 2.05) is 0 Å². The van der Waals surface area contributed by atoms with Crippen LogP contribution in [0.2, 0.25) is 0 Å². The molecule has 140 valence electrons. The van der Waals surface area contributed by atoms with Crippen LogP contribution in [0, 0.1) is 0 Å². The second-order valence-corrected chi connectivity index (χ2v) is 6.33. The number of aliphatic hydroxyl groups is 1. The molecule has 4 N–H and O–H groups in total. The van der Waals surface area contributed by atoms with Crippen molar-refractivity contribution in [2.45, 2.75) is 24.9 Å². The first-order chi connectivity index (χ1) is 12.5. The lowest BCUT2D eigenvalue weighted by Gasteiger charge is -2.20. The lowest BCUT2D eigenvalue weighted by Crippen LogP contribution is -2.50. The number of amides is 1. The summed E-state index contributed by atoms with van der Waals surface area (Å²) in [6.45, 7) is -0.301. The number of carboxylic acid groups (broad SMARTS) is 1. The van der Waals surface area contributed by atoms with Crippen molar-refractivity contribution in [3.8, 4) is 0 Å². The number of aliphatic hydroxyl groups excluding tert-OH is 1. The smallest absolute Gasteiger partial charge is 0.478 e. The summed E-state index contributed by atoms with van der Waals surface area (Å²) in [5.41, 5.74) is 0.0102. The van der Waals surface area contributed by atoms with E-state index in [1.54, 1.807) is 29.7 Å². The number of nitrogens with one attached hydrogen (secondary N) is 1. The predicted octanol–water partition coefficient (Wildman–Crippen LogP) is -0.215. The van der Waals surface area contributed by atoms with Crippen LogP contribution in [-0.2, 0) is 19.1 Å². The van der Waals surface area contributed by atoms with Gasteiger partial charge >= 0.3 is 13.1 Å². The second-order valence-electron chi connectivity index (χ2n) is 5.38. The Morgan fingerprint density at radius 2 is 2.31 bits per heavy atom. The molecule has 0 unspecified atom stereocenters. The van der Waals surface area contributed by atoms with E-state index in [2.05, 4.69) is 10.5 Å². The fourth-order valence-electron chi connectivity index (χ4n) is 2.23. The van der Waals surface area contributed by atoms with Gasteiger partial charge in [-0.1, -0.05) is 23.4 Å². The predicted molar refractivity (Wildman–Crippen MR) is 94.7 cm³/mol. The third-order valence-corrected chi connectivity index (χ3v) is 4.28. The van der Waals surface area contributed by atoms with Gasteiger partial charge in [-0.15, -0.1) is 11.3 Å². The van der Waals surface area contributed by atoms with E-state index in [9.17, 15) is 14.6 Å². The van der Waals surface area contributed by atoms with E-state index in [4.69, 9.17) is 19.7 Å². The van der Waals surface area contributed by atoms with Crippen LogP contribution >= 0.6 is 11.3 Å². The normalized spacial score (nSPS) is 20.5. The van der Waals surface area contributed by atoms with Crippen molar-refractivity contribution in [1.82, 2.24) is 5.32 Å². The van der Waals surface area contributed by atoms with Gasteiger partial charge in [0.1, 0.15) is 6.61 Å². The molecule has 1 aliphatic rings. The van der Waals surface area contributed by atoms with Crippen LogP contribution in [0.15, 0.2) is 34.8 Å². The molecular weight excluding hydrogens is 363 g/mol. The van der Waals surface area contributed by atoms with Gasteiger partial charge in [-0.3, -0.25) is 9.59 Å². The third kappa shape index (κ3) is 5.95. The molecule has 0 aliphatic carbocycles. The van der Waals surface area contributed by atoms with Gasteiger partial charge in [-0.2, -0.15) is 0 Å².